The first-order chi connectivity index (χ1) is 10.7. The molecule has 0 radical (unpaired) electrons. The predicted molar refractivity (Wildman–Crippen MR) is 90.3 cm³/mol. The molecular formula is C17H19NO3S. The standard InChI is InChI=1S/C17H19NO3S/c1-4-22-15-11-6-5-8-12(15)18-17(19)16-13(20-2)9-7-10-14(16)21-3/h5-11H,4H2,1-3H3,(H,18,19). The van der Waals surface area contributed by atoms with Crippen LogP contribution in [0.5, 0.6) is 11.5 Å². The molecule has 0 bridgehead atoms. The van der Waals surface area contributed by atoms with Crippen molar-refractivity contribution >= 4 is 23.4 Å². The van der Waals surface area contributed by atoms with Crippen molar-refractivity contribution in [2.75, 3.05) is 25.3 Å². The molecule has 4 nitrogen and oxygen atoms in total. The van der Waals surface area contributed by atoms with E-state index >= 15 is 0 Å². The number of carbonyl (C=O) groups is 1. The highest BCUT2D eigenvalue weighted by Gasteiger charge is 2.19. The van der Waals surface area contributed by atoms with Crippen molar-refractivity contribution < 1.29 is 14.3 Å². The molecule has 0 fully saturated rings. The van der Waals surface area contributed by atoms with E-state index in [1.165, 1.54) is 14.2 Å². The fourth-order valence-electron chi connectivity index (χ4n) is 2.11. The lowest BCUT2D eigenvalue weighted by molar-refractivity contribution is 0.102. The number of methoxy groups -OCH3 is 2. The van der Waals surface area contributed by atoms with Crippen molar-refractivity contribution in [1.29, 1.82) is 0 Å². The normalized spacial score (nSPS) is 10.1. The third-order valence-corrected chi connectivity index (χ3v) is 4.05. The summed E-state index contributed by atoms with van der Waals surface area (Å²) in [5.74, 6) is 1.65. The van der Waals surface area contributed by atoms with Crippen molar-refractivity contribution in [3.63, 3.8) is 0 Å². The van der Waals surface area contributed by atoms with Crippen molar-refractivity contribution in [3.05, 3.63) is 48.0 Å². The number of para-hydroxylation sites is 1. The van der Waals surface area contributed by atoms with Gasteiger partial charge in [0.25, 0.3) is 5.91 Å². The van der Waals surface area contributed by atoms with Gasteiger partial charge in [-0.25, -0.2) is 0 Å². The molecule has 22 heavy (non-hydrogen) atoms. The molecule has 0 spiro atoms. The maximum absolute atomic E-state index is 12.6. The smallest absolute Gasteiger partial charge is 0.263 e. The average Bonchev–Trinajstić information content (AvgIpc) is 2.55. The third-order valence-electron chi connectivity index (χ3n) is 3.09. The van der Waals surface area contributed by atoms with Crippen LogP contribution in [0.1, 0.15) is 17.3 Å². The second kappa shape index (κ2) is 7.75. The molecule has 0 aliphatic heterocycles. The lowest BCUT2D eigenvalue weighted by atomic mass is 10.1. The first-order valence-corrected chi connectivity index (χ1v) is 7.94. The molecule has 0 aliphatic carbocycles. The Morgan fingerprint density at radius 3 is 2.27 bits per heavy atom. The van der Waals surface area contributed by atoms with Gasteiger partial charge in [0.2, 0.25) is 0 Å². The first-order valence-electron chi connectivity index (χ1n) is 6.95. The van der Waals surface area contributed by atoms with E-state index < -0.39 is 0 Å². The maximum atomic E-state index is 12.6. The largest absolute Gasteiger partial charge is 0.496 e. The van der Waals surface area contributed by atoms with E-state index in [1.807, 2.05) is 24.3 Å². The summed E-state index contributed by atoms with van der Waals surface area (Å²) in [5, 5.41) is 2.94. The molecule has 0 aliphatic rings. The summed E-state index contributed by atoms with van der Waals surface area (Å²) >= 11 is 1.68. The molecule has 0 saturated heterocycles. The van der Waals surface area contributed by atoms with Crippen LogP contribution in [0.15, 0.2) is 47.4 Å². The van der Waals surface area contributed by atoms with Crippen LogP contribution in [-0.4, -0.2) is 25.9 Å². The zero-order chi connectivity index (χ0) is 15.9. The number of rotatable bonds is 6. The maximum Gasteiger partial charge on any atom is 0.263 e. The van der Waals surface area contributed by atoms with Gasteiger partial charge in [-0.2, -0.15) is 0 Å². The lowest BCUT2D eigenvalue weighted by Gasteiger charge is -2.14. The Bertz CT molecular complexity index is 636. The van der Waals surface area contributed by atoms with Crippen molar-refractivity contribution in [3.8, 4) is 11.5 Å². The summed E-state index contributed by atoms with van der Waals surface area (Å²) in [6.45, 7) is 2.08. The molecule has 1 amide bonds. The molecule has 0 atom stereocenters. The van der Waals surface area contributed by atoms with Gasteiger partial charge in [-0.1, -0.05) is 25.1 Å². The Kier molecular flexibility index (Phi) is 5.72. The fraction of sp³-hybridized carbons (Fsp3) is 0.235. The highest BCUT2D eigenvalue weighted by atomic mass is 32.2. The van der Waals surface area contributed by atoms with Crippen molar-refractivity contribution in [1.82, 2.24) is 0 Å². The van der Waals surface area contributed by atoms with Gasteiger partial charge in [-0.15, -0.1) is 11.8 Å². The van der Waals surface area contributed by atoms with Crippen LogP contribution >= 0.6 is 11.8 Å². The van der Waals surface area contributed by atoms with Crippen LogP contribution in [0.2, 0.25) is 0 Å². The van der Waals surface area contributed by atoms with E-state index in [1.54, 1.807) is 30.0 Å². The Hall–Kier alpha value is -2.14. The number of nitrogens with one attached hydrogen (secondary N) is 1. The summed E-state index contributed by atoms with van der Waals surface area (Å²) in [7, 11) is 3.07. The van der Waals surface area contributed by atoms with E-state index in [9.17, 15) is 4.79 Å². The number of amides is 1. The van der Waals surface area contributed by atoms with E-state index in [2.05, 4.69) is 12.2 Å². The Balaban J connectivity index is 2.34. The number of anilines is 1. The second-order valence-corrected chi connectivity index (χ2v) is 5.73. The number of hydrogen-bond acceptors (Lipinski definition) is 4. The van der Waals surface area contributed by atoms with Crippen LogP contribution in [0.25, 0.3) is 0 Å². The summed E-state index contributed by atoms with van der Waals surface area (Å²) in [5.41, 5.74) is 1.18. The molecule has 0 aromatic heterocycles. The molecule has 116 valence electrons. The highest BCUT2D eigenvalue weighted by molar-refractivity contribution is 7.99. The Labute approximate surface area is 134 Å². The average molecular weight is 317 g/mol. The molecular weight excluding hydrogens is 298 g/mol. The number of thioether (sulfide) groups is 1. The predicted octanol–water partition coefficient (Wildman–Crippen LogP) is 4.07. The number of hydrogen-bond donors (Lipinski definition) is 1. The van der Waals surface area contributed by atoms with E-state index in [-0.39, 0.29) is 5.91 Å². The Morgan fingerprint density at radius 2 is 1.68 bits per heavy atom. The van der Waals surface area contributed by atoms with Gasteiger partial charge < -0.3 is 14.8 Å². The topological polar surface area (TPSA) is 47.6 Å². The van der Waals surface area contributed by atoms with E-state index in [0.717, 1.165) is 16.3 Å². The van der Waals surface area contributed by atoms with Gasteiger partial charge in [-0.3, -0.25) is 4.79 Å². The van der Waals surface area contributed by atoms with Crippen LogP contribution in [0.4, 0.5) is 5.69 Å². The molecule has 2 aromatic carbocycles. The summed E-state index contributed by atoms with van der Waals surface area (Å²) in [6, 6.07) is 13.0. The van der Waals surface area contributed by atoms with Gasteiger partial charge in [0.1, 0.15) is 17.1 Å². The molecule has 1 N–H and O–H groups in total. The van der Waals surface area contributed by atoms with E-state index in [4.69, 9.17) is 9.47 Å². The minimum atomic E-state index is -0.251. The van der Waals surface area contributed by atoms with Crippen LogP contribution in [-0.2, 0) is 0 Å². The van der Waals surface area contributed by atoms with Crippen molar-refractivity contribution in [2.24, 2.45) is 0 Å². The van der Waals surface area contributed by atoms with Gasteiger partial charge in [0.05, 0.1) is 19.9 Å². The first kappa shape index (κ1) is 16.2. The lowest BCUT2D eigenvalue weighted by Crippen LogP contribution is -2.15. The minimum Gasteiger partial charge on any atom is -0.496 e. The van der Waals surface area contributed by atoms with Crippen LogP contribution in [0, 0.1) is 0 Å². The quantitative estimate of drug-likeness (QED) is 0.816. The number of ether oxygens (including phenoxy) is 2. The molecule has 0 unspecified atom stereocenters. The monoisotopic (exact) mass is 317 g/mol. The van der Waals surface area contributed by atoms with E-state index in [0.29, 0.717) is 17.1 Å². The Morgan fingerprint density at radius 1 is 1.05 bits per heavy atom. The summed E-state index contributed by atoms with van der Waals surface area (Å²) in [4.78, 5) is 13.7. The van der Waals surface area contributed by atoms with Gasteiger partial charge in [-0.05, 0) is 30.0 Å². The molecule has 0 heterocycles. The zero-order valence-electron chi connectivity index (χ0n) is 12.9. The molecule has 0 saturated carbocycles. The van der Waals surface area contributed by atoms with Gasteiger partial charge >= 0.3 is 0 Å². The molecule has 2 aromatic rings. The number of carbonyl (C=O) groups excluding carboxylic acids is 1. The molecule has 2 rings (SSSR count). The number of benzene rings is 2. The summed E-state index contributed by atoms with van der Waals surface area (Å²) < 4.78 is 10.6. The molecule has 5 heteroatoms. The summed E-state index contributed by atoms with van der Waals surface area (Å²) in [6.07, 6.45) is 0. The SMILES string of the molecule is CCSc1ccccc1NC(=O)c1c(OC)cccc1OC. The minimum absolute atomic E-state index is 0.251. The zero-order valence-corrected chi connectivity index (χ0v) is 13.7. The van der Waals surface area contributed by atoms with Crippen LogP contribution < -0.4 is 14.8 Å². The van der Waals surface area contributed by atoms with Crippen molar-refractivity contribution in [2.45, 2.75) is 11.8 Å². The van der Waals surface area contributed by atoms with Gasteiger partial charge in [0.15, 0.2) is 0 Å². The third kappa shape index (κ3) is 3.54. The van der Waals surface area contributed by atoms with Crippen LogP contribution in [0.3, 0.4) is 0 Å². The highest BCUT2D eigenvalue weighted by Crippen LogP contribution is 2.31. The van der Waals surface area contributed by atoms with Gasteiger partial charge in [0, 0.05) is 4.90 Å². The second-order valence-electron chi connectivity index (χ2n) is 4.42. The fourth-order valence-corrected chi connectivity index (χ4v) is 2.87.